The van der Waals surface area contributed by atoms with Crippen molar-refractivity contribution in [2.75, 3.05) is 7.11 Å². The first kappa shape index (κ1) is 16.1. The maximum absolute atomic E-state index is 12.9. The van der Waals surface area contributed by atoms with E-state index in [-0.39, 0.29) is 5.56 Å². The van der Waals surface area contributed by atoms with Crippen molar-refractivity contribution in [1.29, 1.82) is 0 Å². The zero-order valence-electron chi connectivity index (χ0n) is 9.88. The number of methoxy groups -OCH3 is 1. The second-order valence-electron chi connectivity index (χ2n) is 3.58. The van der Waals surface area contributed by atoms with Crippen molar-refractivity contribution < 1.29 is 40.6 Å². The Bertz CT molecular complexity index is 468. The van der Waals surface area contributed by atoms with Gasteiger partial charge in [0.2, 0.25) is 0 Å². The normalized spacial score (nSPS) is 13.8. The predicted molar refractivity (Wildman–Crippen MR) is 54.3 cm³/mol. The molecule has 0 saturated heterocycles. The lowest BCUT2D eigenvalue weighted by atomic mass is 10.2. The first-order valence-electron chi connectivity index (χ1n) is 5.04. The number of ether oxygens (including phenoxy) is 2. The molecule has 1 aromatic rings. The molecule has 0 fully saturated rings. The summed E-state index contributed by atoms with van der Waals surface area (Å²) in [5.41, 5.74) is -0.0317. The van der Waals surface area contributed by atoms with E-state index < -0.39 is 30.2 Å². The van der Waals surface area contributed by atoms with Gasteiger partial charge in [0.1, 0.15) is 5.75 Å². The number of hydrogen-bond donors (Lipinski definition) is 0. The molecular weight excluding hydrogens is 294 g/mol. The van der Waals surface area contributed by atoms with E-state index in [2.05, 4.69) is 9.47 Å². The lowest BCUT2D eigenvalue weighted by Crippen LogP contribution is -2.45. The van der Waals surface area contributed by atoms with Crippen LogP contribution in [0.1, 0.15) is 10.4 Å². The lowest BCUT2D eigenvalue weighted by Gasteiger charge is -2.23. The molecule has 1 rings (SSSR count). The third kappa shape index (κ3) is 3.78. The van der Waals surface area contributed by atoms with Crippen LogP contribution >= 0.6 is 0 Å². The average molecular weight is 302 g/mol. The zero-order valence-corrected chi connectivity index (χ0v) is 9.88. The summed E-state index contributed by atoms with van der Waals surface area (Å²) in [6, 6.07) is 3.56. The fraction of sp³-hybridized carbons (Fsp3) is 0.364. The quantitative estimate of drug-likeness (QED) is 0.632. The lowest BCUT2D eigenvalue weighted by molar-refractivity contribution is -0.304. The van der Waals surface area contributed by atoms with E-state index in [9.17, 15) is 31.1 Å². The molecule has 112 valence electrons. The van der Waals surface area contributed by atoms with Crippen molar-refractivity contribution >= 4 is 5.97 Å². The Kier molecular flexibility index (Phi) is 4.51. The third-order valence-corrected chi connectivity index (χ3v) is 2.11. The van der Waals surface area contributed by atoms with E-state index in [4.69, 9.17) is 0 Å². The Morgan fingerprint density at radius 3 is 2.00 bits per heavy atom. The summed E-state index contributed by atoms with van der Waals surface area (Å²) in [6.45, 7) is 0. The van der Waals surface area contributed by atoms with Crippen LogP contribution in [0.2, 0.25) is 0 Å². The number of carbonyl (C=O) groups excluding carboxylic acids is 1. The molecule has 1 unspecified atom stereocenters. The number of halogens is 6. The highest BCUT2D eigenvalue weighted by atomic mass is 19.4. The van der Waals surface area contributed by atoms with Crippen LogP contribution in [-0.4, -0.2) is 31.5 Å². The van der Waals surface area contributed by atoms with Gasteiger partial charge in [0.25, 0.3) is 6.17 Å². The molecule has 0 N–H and O–H groups in total. The van der Waals surface area contributed by atoms with Gasteiger partial charge >= 0.3 is 18.3 Å². The highest BCUT2D eigenvalue weighted by molar-refractivity contribution is 5.89. The predicted octanol–water partition coefficient (Wildman–Crippen LogP) is 3.35. The molecule has 0 aliphatic carbocycles. The van der Waals surface area contributed by atoms with E-state index in [1.807, 2.05) is 0 Å². The molecule has 0 heterocycles. The first-order chi connectivity index (χ1) is 9.08. The molecule has 3 nitrogen and oxygen atoms in total. The van der Waals surface area contributed by atoms with Crippen molar-refractivity contribution in [3.63, 3.8) is 0 Å². The molecule has 1 atom stereocenters. The maximum Gasteiger partial charge on any atom is 0.439 e. The van der Waals surface area contributed by atoms with Gasteiger partial charge < -0.3 is 9.47 Å². The van der Waals surface area contributed by atoms with Crippen LogP contribution in [0.5, 0.6) is 5.75 Å². The van der Waals surface area contributed by atoms with Crippen molar-refractivity contribution in [3.05, 3.63) is 29.8 Å². The molecule has 0 spiro atoms. The third-order valence-electron chi connectivity index (χ3n) is 2.11. The molecule has 9 heteroatoms. The largest absolute Gasteiger partial charge is 0.465 e. The minimum atomic E-state index is -5.75. The SMILES string of the molecule is COC(=O)c1ccc(OC(F)(F)C(F)C(F)(F)F)cc1. The summed E-state index contributed by atoms with van der Waals surface area (Å²) < 4.78 is 82.0. The topological polar surface area (TPSA) is 35.5 Å². The molecule has 0 radical (unpaired) electrons. The Labute approximate surface area is 109 Å². The van der Waals surface area contributed by atoms with Crippen molar-refractivity contribution in [1.82, 2.24) is 0 Å². The molecule has 0 aliphatic rings. The van der Waals surface area contributed by atoms with Crippen LogP contribution < -0.4 is 4.74 Å². The minimum absolute atomic E-state index is 0.0317. The summed E-state index contributed by atoms with van der Waals surface area (Å²) in [5.74, 6) is -1.50. The van der Waals surface area contributed by atoms with E-state index in [0.29, 0.717) is 0 Å². The molecule has 1 aromatic carbocycles. The highest BCUT2D eigenvalue weighted by Gasteiger charge is 2.59. The number of hydrogen-bond acceptors (Lipinski definition) is 3. The zero-order chi connectivity index (χ0) is 15.6. The Balaban J connectivity index is 2.85. The first-order valence-corrected chi connectivity index (χ1v) is 5.04. The van der Waals surface area contributed by atoms with E-state index in [1.165, 1.54) is 0 Å². The van der Waals surface area contributed by atoms with Gasteiger partial charge in [-0.05, 0) is 24.3 Å². The van der Waals surface area contributed by atoms with Crippen LogP contribution in [0.4, 0.5) is 26.3 Å². The molecule has 0 amide bonds. The van der Waals surface area contributed by atoms with Crippen LogP contribution in [0, 0.1) is 0 Å². The summed E-state index contributed by atoms with van der Waals surface area (Å²) >= 11 is 0. The summed E-state index contributed by atoms with van der Waals surface area (Å²) in [7, 11) is 1.08. The van der Waals surface area contributed by atoms with Gasteiger partial charge in [-0.1, -0.05) is 0 Å². The summed E-state index contributed by atoms with van der Waals surface area (Å²) in [4.78, 5) is 11.0. The number of esters is 1. The fourth-order valence-corrected chi connectivity index (χ4v) is 1.18. The second kappa shape index (κ2) is 5.59. The number of benzene rings is 1. The second-order valence-corrected chi connectivity index (χ2v) is 3.58. The van der Waals surface area contributed by atoms with Crippen molar-refractivity contribution in [2.45, 2.75) is 18.5 Å². The summed E-state index contributed by atoms with van der Waals surface area (Å²) in [5, 5.41) is 0. The van der Waals surface area contributed by atoms with Crippen LogP contribution in [-0.2, 0) is 4.74 Å². The van der Waals surface area contributed by atoms with Crippen molar-refractivity contribution in [2.24, 2.45) is 0 Å². The van der Waals surface area contributed by atoms with E-state index in [0.717, 1.165) is 31.4 Å². The van der Waals surface area contributed by atoms with Crippen LogP contribution in [0.15, 0.2) is 24.3 Å². The van der Waals surface area contributed by atoms with Crippen LogP contribution in [0.3, 0.4) is 0 Å². The van der Waals surface area contributed by atoms with Crippen LogP contribution in [0.25, 0.3) is 0 Å². The van der Waals surface area contributed by atoms with Gasteiger partial charge in [-0.2, -0.15) is 22.0 Å². The highest BCUT2D eigenvalue weighted by Crippen LogP contribution is 2.36. The monoisotopic (exact) mass is 302 g/mol. The smallest absolute Gasteiger partial charge is 0.439 e. The number of alkyl halides is 6. The minimum Gasteiger partial charge on any atom is -0.465 e. The van der Waals surface area contributed by atoms with Gasteiger partial charge in [-0.3, -0.25) is 0 Å². The van der Waals surface area contributed by atoms with Gasteiger partial charge in [-0.15, -0.1) is 0 Å². The van der Waals surface area contributed by atoms with E-state index >= 15 is 0 Å². The Morgan fingerprint density at radius 2 is 1.60 bits per heavy atom. The molecule has 20 heavy (non-hydrogen) atoms. The number of rotatable bonds is 4. The number of carbonyl (C=O) groups is 1. The molecular formula is C11H8F6O3. The van der Waals surface area contributed by atoms with Crippen molar-refractivity contribution in [3.8, 4) is 5.75 Å². The Morgan fingerprint density at radius 1 is 1.10 bits per heavy atom. The fourth-order valence-electron chi connectivity index (χ4n) is 1.18. The van der Waals surface area contributed by atoms with Gasteiger partial charge in [0, 0.05) is 0 Å². The van der Waals surface area contributed by atoms with Gasteiger partial charge in [-0.25, -0.2) is 9.18 Å². The molecule has 0 bridgehead atoms. The standard InChI is InChI=1S/C11H8F6O3/c1-19-8(18)6-2-4-7(5-3-6)20-11(16,17)9(12)10(13,14)15/h2-5,9H,1H3. The maximum atomic E-state index is 12.9. The van der Waals surface area contributed by atoms with E-state index in [1.54, 1.807) is 0 Å². The Hall–Kier alpha value is -1.93. The van der Waals surface area contributed by atoms with Gasteiger partial charge in [0.15, 0.2) is 0 Å². The molecule has 0 aromatic heterocycles. The summed E-state index contributed by atoms with van der Waals surface area (Å²) in [6.07, 6.45) is -15.3. The van der Waals surface area contributed by atoms with Gasteiger partial charge in [0.05, 0.1) is 12.7 Å². The average Bonchev–Trinajstić information content (AvgIpc) is 2.36. The molecule has 0 saturated carbocycles. The molecule has 0 aliphatic heterocycles.